The maximum Gasteiger partial charge on any atom is 0.213 e. The quantitative estimate of drug-likeness (QED) is 0.734. The van der Waals surface area contributed by atoms with Gasteiger partial charge in [-0.15, -0.1) is 0 Å². The summed E-state index contributed by atoms with van der Waals surface area (Å²) in [6.07, 6.45) is 5.57. The number of rotatable bonds is 4. The minimum atomic E-state index is 0.211. The minimum absolute atomic E-state index is 0.211. The van der Waals surface area contributed by atoms with Gasteiger partial charge in [0.15, 0.2) is 0 Å². The smallest absolute Gasteiger partial charge is 0.213 e. The van der Waals surface area contributed by atoms with Crippen LogP contribution in [-0.4, -0.2) is 21.6 Å². The first-order valence-electron chi connectivity index (χ1n) is 6.88. The van der Waals surface area contributed by atoms with E-state index in [0.29, 0.717) is 5.88 Å². The fourth-order valence-electron chi connectivity index (χ4n) is 2.38. The van der Waals surface area contributed by atoms with E-state index < -0.39 is 0 Å². The molecule has 0 unspecified atom stereocenters. The van der Waals surface area contributed by atoms with Crippen molar-refractivity contribution < 1.29 is 4.74 Å². The van der Waals surface area contributed by atoms with Gasteiger partial charge < -0.3 is 9.30 Å². The molecule has 0 bridgehead atoms. The van der Waals surface area contributed by atoms with Gasteiger partial charge in [-0.2, -0.15) is 0 Å². The Balaban J connectivity index is 1.96. The van der Waals surface area contributed by atoms with E-state index in [1.807, 2.05) is 42.7 Å². The molecule has 0 fully saturated rings. The summed E-state index contributed by atoms with van der Waals surface area (Å²) in [6, 6.07) is 14.2. The molecule has 2 heterocycles. The number of pyridine rings is 1. The summed E-state index contributed by atoms with van der Waals surface area (Å²) in [7, 11) is 1.61. The van der Waals surface area contributed by atoms with E-state index >= 15 is 0 Å². The molecule has 0 aliphatic rings. The molecule has 0 amide bonds. The number of aromatic nitrogens is 3. The second-order valence-corrected chi connectivity index (χ2v) is 4.85. The maximum absolute atomic E-state index is 5.10. The zero-order valence-corrected chi connectivity index (χ0v) is 12.1. The summed E-state index contributed by atoms with van der Waals surface area (Å²) in [5.41, 5.74) is 2.22. The van der Waals surface area contributed by atoms with Crippen LogP contribution in [0.1, 0.15) is 24.2 Å². The van der Waals surface area contributed by atoms with Crippen LogP contribution in [0.4, 0.5) is 0 Å². The Morgan fingerprint density at radius 2 is 1.86 bits per heavy atom. The molecule has 3 rings (SSSR count). The number of hydrogen-bond donors (Lipinski definition) is 0. The molecule has 3 aromatic rings. The Kier molecular flexibility index (Phi) is 3.69. The summed E-state index contributed by atoms with van der Waals surface area (Å²) in [5.74, 6) is 1.81. The van der Waals surface area contributed by atoms with Gasteiger partial charge in [-0.3, -0.25) is 0 Å². The zero-order valence-electron chi connectivity index (χ0n) is 12.1. The molecule has 0 saturated carbocycles. The highest BCUT2D eigenvalue weighted by molar-refractivity contribution is 5.35. The summed E-state index contributed by atoms with van der Waals surface area (Å²) in [6.45, 7) is 2.16. The van der Waals surface area contributed by atoms with Crippen LogP contribution >= 0.6 is 0 Å². The Bertz CT molecular complexity index is 704. The van der Waals surface area contributed by atoms with Crippen LogP contribution in [0.5, 0.6) is 5.88 Å². The van der Waals surface area contributed by atoms with Gasteiger partial charge in [0.25, 0.3) is 0 Å². The molecule has 4 nitrogen and oxygen atoms in total. The SMILES string of the molecule is COc1ccc(-n2ccnc2[C@@H](C)c2ccccc2)cn1. The average Bonchev–Trinajstić information content (AvgIpc) is 3.04. The van der Waals surface area contributed by atoms with E-state index in [4.69, 9.17) is 4.74 Å². The van der Waals surface area contributed by atoms with Crippen LogP contribution in [0.15, 0.2) is 61.1 Å². The second-order valence-electron chi connectivity index (χ2n) is 4.85. The predicted octanol–water partition coefficient (Wildman–Crippen LogP) is 3.43. The summed E-state index contributed by atoms with van der Waals surface area (Å²) in [4.78, 5) is 8.77. The highest BCUT2D eigenvalue weighted by Gasteiger charge is 2.15. The second kappa shape index (κ2) is 5.79. The Labute approximate surface area is 124 Å². The van der Waals surface area contributed by atoms with Crippen molar-refractivity contribution in [2.24, 2.45) is 0 Å². The molecule has 1 atom stereocenters. The lowest BCUT2D eigenvalue weighted by Gasteiger charge is -2.14. The lowest BCUT2D eigenvalue weighted by Crippen LogP contribution is -2.06. The highest BCUT2D eigenvalue weighted by atomic mass is 16.5. The first-order valence-corrected chi connectivity index (χ1v) is 6.88. The molecule has 1 aromatic carbocycles. The Hall–Kier alpha value is -2.62. The van der Waals surface area contributed by atoms with Crippen molar-refractivity contribution in [2.75, 3.05) is 7.11 Å². The van der Waals surface area contributed by atoms with Crippen LogP contribution in [-0.2, 0) is 0 Å². The molecule has 0 aliphatic heterocycles. The summed E-state index contributed by atoms with van der Waals surface area (Å²) in [5, 5.41) is 0. The van der Waals surface area contributed by atoms with E-state index in [2.05, 4.69) is 33.6 Å². The van der Waals surface area contributed by atoms with Gasteiger partial charge in [0.1, 0.15) is 5.82 Å². The van der Waals surface area contributed by atoms with Gasteiger partial charge in [-0.1, -0.05) is 37.3 Å². The van der Waals surface area contributed by atoms with Crippen molar-refractivity contribution in [1.82, 2.24) is 14.5 Å². The number of imidazole rings is 1. The third kappa shape index (κ3) is 2.65. The molecule has 106 valence electrons. The third-order valence-corrected chi connectivity index (χ3v) is 3.56. The van der Waals surface area contributed by atoms with Crippen LogP contribution < -0.4 is 4.74 Å². The number of nitrogens with zero attached hydrogens (tertiary/aromatic N) is 3. The Morgan fingerprint density at radius 3 is 2.52 bits per heavy atom. The molecule has 0 saturated heterocycles. The number of methoxy groups -OCH3 is 1. The van der Waals surface area contributed by atoms with Gasteiger partial charge in [0.05, 0.1) is 19.0 Å². The van der Waals surface area contributed by atoms with E-state index in [9.17, 15) is 0 Å². The molecular formula is C17H17N3O. The largest absolute Gasteiger partial charge is 0.481 e. The lowest BCUT2D eigenvalue weighted by molar-refractivity contribution is 0.398. The fraction of sp³-hybridized carbons (Fsp3) is 0.176. The topological polar surface area (TPSA) is 39.9 Å². The average molecular weight is 279 g/mol. The normalized spacial score (nSPS) is 12.1. The van der Waals surface area contributed by atoms with Gasteiger partial charge in [0, 0.05) is 24.4 Å². The van der Waals surface area contributed by atoms with Crippen molar-refractivity contribution >= 4 is 0 Å². The molecule has 0 aliphatic carbocycles. The zero-order chi connectivity index (χ0) is 14.7. The van der Waals surface area contributed by atoms with Crippen LogP contribution in [0.25, 0.3) is 5.69 Å². The number of hydrogen-bond acceptors (Lipinski definition) is 3. The minimum Gasteiger partial charge on any atom is -0.481 e. The van der Waals surface area contributed by atoms with Crippen molar-refractivity contribution in [3.8, 4) is 11.6 Å². The maximum atomic E-state index is 5.10. The standard InChI is InChI=1S/C17H17N3O/c1-13(14-6-4-3-5-7-14)17-18-10-11-20(17)15-8-9-16(21-2)19-12-15/h3-13H,1-2H3/t13-/m0/s1. The van der Waals surface area contributed by atoms with E-state index in [1.165, 1.54) is 5.56 Å². The van der Waals surface area contributed by atoms with Crippen LogP contribution in [0.3, 0.4) is 0 Å². The van der Waals surface area contributed by atoms with E-state index in [-0.39, 0.29) is 5.92 Å². The Morgan fingerprint density at radius 1 is 1.05 bits per heavy atom. The van der Waals surface area contributed by atoms with Gasteiger partial charge >= 0.3 is 0 Å². The van der Waals surface area contributed by atoms with Crippen LogP contribution in [0, 0.1) is 0 Å². The lowest BCUT2D eigenvalue weighted by atomic mass is 10.0. The molecule has 4 heteroatoms. The predicted molar refractivity (Wildman–Crippen MR) is 81.9 cm³/mol. The van der Waals surface area contributed by atoms with Crippen molar-refractivity contribution in [1.29, 1.82) is 0 Å². The molecular weight excluding hydrogens is 262 g/mol. The van der Waals surface area contributed by atoms with Gasteiger partial charge in [-0.25, -0.2) is 9.97 Å². The van der Waals surface area contributed by atoms with Gasteiger partial charge in [-0.05, 0) is 11.6 Å². The monoisotopic (exact) mass is 279 g/mol. The van der Waals surface area contributed by atoms with Crippen molar-refractivity contribution in [2.45, 2.75) is 12.8 Å². The molecule has 0 spiro atoms. The van der Waals surface area contributed by atoms with E-state index in [1.54, 1.807) is 13.3 Å². The fourth-order valence-corrected chi connectivity index (χ4v) is 2.38. The van der Waals surface area contributed by atoms with Crippen molar-refractivity contribution in [3.05, 3.63) is 72.4 Å². The molecule has 21 heavy (non-hydrogen) atoms. The molecule has 0 radical (unpaired) electrons. The van der Waals surface area contributed by atoms with Crippen LogP contribution in [0.2, 0.25) is 0 Å². The van der Waals surface area contributed by atoms with E-state index in [0.717, 1.165) is 11.5 Å². The first kappa shape index (κ1) is 13.4. The summed E-state index contributed by atoms with van der Waals surface area (Å²) < 4.78 is 7.16. The summed E-state index contributed by atoms with van der Waals surface area (Å²) >= 11 is 0. The molecule has 0 N–H and O–H groups in total. The van der Waals surface area contributed by atoms with Gasteiger partial charge in [0.2, 0.25) is 5.88 Å². The van der Waals surface area contributed by atoms with Crippen molar-refractivity contribution in [3.63, 3.8) is 0 Å². The highest BCUT2D eigenvalue weighted by Crippen LogP contribution is 2.24. The number of benzene rings is 1. The molecule has 2 aromatic heterocycles. The third-order valence-electron chi connectivity index (χ3n) is 3.56. The first-order chi connectivity index (χ1) is 10.3. The number of ether oxygens (including phenoxy) is 1.